The summed E-state index contributed by atoms with van der Waals surface area (Å²) in [5.41, 5.74) is 0.634. The fourth-order valence-corrected chi connectivity index (χ4v) is 3.79. The second-order valence-electron chi connectivity index (χ2n) is 5.56. The number of thioether (sulfide) groups is 1. The van der Waals surface area contributed by atoms with Gasteiger partial charge in [0.15, 0.2) is 0 Å². The van der Waals surface area contributed by atoms with Crippen molar-refractivity contribution in [1.82, 2.24) is 4.90 Å². The van der Waals surface area contributed by atoms with Crippen molar-refractivity contribution in [2.75, 3.05) is 0 Å². The molecule has 1 aliphatic heterocycles. The zero-order chi connectivity index (χ0) is 18.1. The van der Waals surface area contributed by atoms with Gasteiger partial charge >= 0.3 is 0 Å². The molecule has 0 atom stereocenters. The number of thiocarbonyl (C=S) groups is 1. The highest BCUT2D eigenvalue weighted by atomic mass is 32.2. The summed E-state index contributed by atoms with van der Waals surface area (Å²) in [7, 11) is 0. The first kappa shape index (κ1) is 16.8. The number of hydrogen-bond acceptors (Lipinski definition) is 5. The highest BCUT2D eigenvalue weighted by Crippen LogP contribution is 2.34. The molecule has 1 aromatic carbocycles. The van der Waals surface area contributed by atoms with Crippen molar-refractivity contribution in [2.45, 2.75) is 6.54 Å². The minimum atomic E-state index is -0.334. The van der Waals surface area contributed by atoms with Crippen LogP contribution in [0.3, 0.4) is 0 Å². The van der Waals surface area contributed by atoms with Gasteiger partial charge < -0.3 is 8.83 Å². The summed E-state index contributed by atoms with van der Waals surface area (Å²) in [4.78, 5) is 14.5. The summed E-state index contributed by atoms with van der Waals surface area (Å²) < 4.78 is 24.8. The molecule has 0 unspecified atom stereocenters. The van der Waals surface area contributed by atoms with Gasteiger partial charge in [-0.25, -0.2) is 4.39 Å². The molecule has 1 saturated heterocycles. The summed E-state index contributed by atoms with van der Waals surface area (Å²) in [6.07, 6.45) is 3.20. The molecule has 1 fully saturated rings. The van der Waals surface area contributed by atoms with E-state index in [2.05, 4.69) is 0 Å². The van der Waals surface area contributed by atoms with Crippen molar-refractivity contribution in [1.29, 1.82) is 0 Å². The van der Waals surface area contributed by atoms with E-state index in [4.69, 9.17) is 21.1 Å². The minimum Gasteiger partial charge on any atom is -0.467 e. The van der Waals surface area contributed by atoms with Crippen LogP contribution >= 0.6 is 24.0 Å². The number of hydrogen-bond donors (Lipinski definition) is 0. The van der Waals surface area contributed by atoms with Crippen LogP contribution in [0.25, 0.3) is 17.4 Å². The van der Waals surface area contributed by atoms with Crippen LogP contribution in [0.1, 0.15) is 11.5 Å². The van der Waals surface area contributed by atoms with Crippen LogP contribution in [0.15, 0.2) is 68.5 Å². The van der Waals surface area contributed by atoms with Gasteiger partial charge in [-0.3, -0.25) is 9.69 Å². The molecule has 1 amide bonds. The van der Waals surface area contributed by atoms with E-state index in [1.165, 1.54) is 28.8 Å². The molecule has 0 saturated carbocycles. The Labute approximate surface area is 158 Å². The Hall–Kier alpha value is -2.64. The van der Waals surface area contributed by atoms with Gasteiger partial charge in [0.2, 0.25) is 0 Å². The minimum absolute atomic E-state index is 0.194. The van der Waals surface area contributed by atoms with Crippen LogP contribution in [-0.2, 0) is 11.3 Å². The van der Waals surface area contributed by atoms with Crippen LogP contribution in [-0.4, -0.2) is 15.1 Å². The molecular weight excluding hydrogens is 373 g/mol. The number of nitrogens with zero attached hydrogens (tertiary/aromatic N) is 1. The fourth-order valence-electron chi connectivity index (χ4n) is 2.55. The molecule has 26 heavy (non-hydrogen) atoms. The van der Waals surface area contributed by atoms with Crippen molar-refractivity contribution in [3.8, 4) is 11.3 Å². The first-order valence-corrected chi connectivity index (χ1v) is 8.96. The summed E-state index contributed by atoms with van der Waals surface area (Å²) in [5.74, 6) is 1.16. The lowest BCUT2D eigenvalue weighted by molar-refractivity contribution is -0.122. The normalized spacial score (nSPS) is 16.0. The van der Waals surface area contributed by atoms with Gasteiger partial charge in [0.05, 0.1) is 17.7 Å². The van der Waals surface area contributed by atoms with E-state index in [1.54, 1.807) is 48.7 Å². The Kier molecular flexibility index (Phi) is 4.48. The smallest absolute Gasteiger partial charge is 0.266 e. The van der Waals surface area contributed by atoms with Crippen molar-refractivity contribution < 1.29 is 18.0 Å². The molecule has 2 aromatic heterocycles. The molecule has 0 radical (unpaired) electrons. The number of amides is 1. The summed E-state index contributed by atoms with van der Waals surface area (Å²) in [6.45, 7) is 0.293. The van der Waals surface area contributed by atoms with Gasteiger partial charge in [0.25, 0.3) is 5.91 Å². The number of furan rings is 2. The Balaban J connectivity index is 1.55. The Morgan fingerprint density at radius 2 is 2.08 bits per heavy atom. The van der Waals surface area contributed by atoms with Crippen LogP contribution in [0.4, 0.5) is 4.39 Å². The maximum atomic E-state index is 13.4. The lowest BCUT2D eigenvalue weighted by Gasteiger charge is -2.11. The van der Waals surface area contributed by atoms with E-state index in [0.29, 0.717) is 38.6 Å². The zero-order valence-electron chi connectivity index (χ0n) is 13.3. The van der Waals surface area contributed by atoms with Gasteiger partial charge in [-0.05, 0) is 36.4 Å². The van der Waals surface area contributed by atoms with E-state index in [9.17, 15) is 9.18 Å². The van der Waals surface area contributed by atoms with Gasteiger partial charge in [-0.2, -0.15) is 0 Å². The van der Waals surface area contributed by atoms with Crippen LogP contribution in [0.5, 0.6) is 0 Å². The maximum Gasteiger partial charge on any atom is 0.266 e. The Morgan fingerprint density at radius 1 is 1.19 bits per heavy atom. The highest BCUT2D eigenvalue weighted by molar-refractivity contribution is 8.26. The SMILES string of the molecule is O=C1C(=Cc2ccc(-c3cccc(F)c3)o2)SC(=S)N1Cc1ccco1. The molecule has 3 aromatic rings. The van der Waals surface area contributed by atoms with Crippen molar-refractivity contribution >= 4 is 40.3 Å². The van der Waals surface area contributed by atoms with Gasteiger partial charge in [0.1, 0.15) is 27.4 Å². The summed E-state index contributed by atoms with van der Waals surface area (Å²) in [5, 5.41) is 0. The predicted octanol–water partition coefficient (Wildman–Crippen LogP) is 5.08. The third-order valence-corrected chi connectivity index (χ3v) is 5.15. The molecular formula is C19H12FNO3S2. The van der Waals surface area contributed by atoms with Crippen molar-refractivity contribution in [3.63, 3.8) is 0 Å². The zero-order valence-corrected chi connectivity index (χ0v) is 15.0. The van der Waals surface area contributed by atoms with E-state index in [0.717, 1.165) is 0 Å². The van der Waals surface area contributed by atoms with E-state index < -0.39 is 0 Å². The van der Waals surface area contributed by atoms with Crippen LogP contribution < -0.4 is 0 Å². The third-order valence-electron chi connectivity index (χ3n) is 3.78. The fraction of sp³-hybridized carbons (Fsp3) is 0.0526. The number of halogens is 1. The van der Waals surface area contributed by atoms with Crippen LogP contribution in [0, 0.1) is 5.82 Å². The molecule has 1 aliphatic rings. The summed E-state index contributed by atoms with van der Waals surface area (Å²) >= 11 is 6.51. The average Bonchev–Trinajstić information content (AvgIpc) is 3.34. The first-order valence-electron chi connectivity index (χ1n) is 7.74. The monoisotopic (exact) mass is 385 g/mol. The second-order valence-corrected chi connectivity index (χ2v) is 7.24. The highest BCUT2D eigenvalue weighted by Gasteiger charge is 2.32. The largest absolute Gasteiger partial charge is 0.467 e. The van der Waals surface area contributed by atoms with Gasteiger partial charge in [-0.15, -0.1) is 0 Å². The molecule has 0 N–H and O–H groups in total. The third kappa shape index (κ3) is 3.36. The lowest BCUT2D eigenvalue weighted by atomic mass is 10.2. The molecule has 0 spiro atoms. The van der Waals surface area contributed by atoms with Crippen molar-refractivity contribution in [2.24, 2.45) is 0 Å². The number of rotatable bonds is 4. The summed E-state index contributed by atoms with van der Waals surface area (Å²) in [6, 6.07) is 13.2. The van der Waals surface area contributed by atoms with Gasteiger partial charge in [0, 0.05) is 11.6 Å². The maximum absolute atomic E-state index is 13.4. The van der Waals surface area contributed by atoms with E-state index >= 15 is 0 Å². The number of carbonyl (C=O) groups excluding carboxylic acids is 1. The Bertz CT molecular complexity index is 1010. The lowest BCUT2D eigenvalue weighted by Crippen LogP contribution is -2.27. The number of benzene rings is 1. The molecule has 0 aliphatic carbocycles. The molecule has 7 heteroatoms. The molecule has 4 nitrogen and oxygen atoms in total. The Morgan fingerprint density at radius 3 is 2.85 bits per heavy atom. The molecule has 3 heterocycles. The molecule has 0 bridgehead atoms. The topological polar surface area (TPSA) is 46.6 Å². The molecule has 4 rings (SSSR count). The average molecular weight is 385 g/mol. The van der Waals surface area contributed by atoms with Crippen molar-refractivity contribution in [3.05, 3.63) is 77.0 Å². The standard InChI is InChI=1S/C19H12FNO3S2/c20-13-4-1-3-12(9-13)16-7-6-14(24-16)10-17-18(22)21(19(25)26-17)11-15-5-2-8-23-15/h1-10H,11H2. The van der Waals surface area contributed by atoms with E-state index in [1.807, 2.05) is 0 Å². The predicted molar refractivity (Wildman–Crippen MR) is 102 cm³/mol. The van der Waals surface area contributed by atoms with Crippen LogP contribution in [0.2, 0.25) is 0 Å². The second kappa shape index (κ2) is 6.93. The van der Waals surface area contributed by atoms with E-state index in [-0.39, 0.29) is 11.7 Å². The quantitative estimate of drug-likeness (QED) is 0.463. The first-order chi connectivity index (χ1) is 12.6. The van der Waals surface area contributed by atoms with Gasteiger partial charge in [-0.1, -0.05) is 36.1 Å². The number of carbonyl (C=O) groups is 1. The molecule has 130 valence electrons.